The molecule has 1 aromatic carbocycles. The summed E-state index contributed by atoms with van der Waals surface area (Å²) in [5, 5.41) is 9.48. The highest BCUT2D eigenvalue weighted by Gasteiger charge is 2.56. The average molecular weight is 348 g/mol. The number of hydrogen-bond donors (Lipinski definition) is 1. The van der Waals surface area contributed by atoms with Crippen LogP contribution in [0.25, 0.3) is 0 Å². The maximum atomic E-state index is 13.0. The van der Waals surface area contributed by atoms with Gasteiger partial charge in [0, 0.05) is 31.9 Å². The van der Waals surface area contributed by atoms with E-state index in [0.717, 1.165) is 18.5 Å². The Morgan fingerprint density at radius 2 is 1.60 bits per heavy atom. The largest absolute Gasteiger partial charge is 0.481 e. The summed E-state index contributed by atoms with van der Waals surface area (Å²) in [6.45, 7) is 2.38. The fourth-order valence-electron chi connectivity index (χ4n) is 4.35. The Morgan fingerprint density at radius 1 is 1.00 bits per heavy atom. The Kier molecular flexibility index (Phi) is 4.11. The molecule has 3 fully saturated rings. The van der Waals surface area contributed by atoms with Crippen molar-refractivity contribution in [2.75, 3.05) is 31.1 Å². The number of carbonyl (C=O) groups excluding carboxylic acids is 1. The number of fused-ring (bicyclic) bond motifs is 2. The lowest BCUT2D eigenvalue weighted by molar-refractivity contribution is -0.151. The van der Waals surface area contributed by atoms with E-state index in [0.29, 0.717) is 26.2 Å². The Balaban J connectivity index is 1.41. The van der Waals surface area contributed by atoms with E-state index in [4.69, 9.17) is 4.74 Å². The van der Waals surface area contributed by atoms with Gasteiger partial charge in [0.25, 0.3) is 0 Å². The van der Waals surface area contributed by atoms with Crippen LogP contribution in [0.5, 0.6) is 0 Å². The van der Waals surface area contributed by atoms with Crippen LogP contribution in [0.1, 0.15) is 12.8 Å². The number of hydrogen-bond acceptors (Lipinski definition) is 4. The lowest BCUT2D eigenvalue weighted by Gasteiger charge is -2.38. The van der Waals surface area contributed by atoms with Crippen molar-refractivity contribution < 1.29 is 23.8 Å². The number of aliphatic carboxylic acids is 1. The van der Waals surface area contributed by atoms with E-state index >= 15 is 0 Å². The SMILES string of the molecule is O=C(O)[C@@H]1[C@H](C(=O)N2CCN(c3ccc(F)cc3)CC2)[C@@H]2CC[C@@H]1O2. The smallest absolute Gasteiger partial charge is 0.310 e. The quantitative estimate of drug-likeness (QED) is 0.893. The van der Waals surface area contributed by atoms with Gasteiger partial charge in [0.15, 0.2) is 0 Å². The zero-order valence-electron chi connectivity index (χ0n) is 13.8. The molecule has 3 saturated heterocycles. The van der Waals surface area contributed by atoms with Gasteiger partial charge in [-0.25, -0.2) is 4.39 Å². The summed E-state index contributed by atoms with van der Waals surface area (Å²) in [6, 6.07) is 6.32. The van der Waals surface area contributed by atoms with Gasteiger partial charge >= 0.3 is 5.97 Å². The van der Waals surface area contributed by atoms with Crippen LogP contribution in [0, 0.1) is 17.7 Å². The van der Waals surface area contributed by atoms with Gasteiger partial charge in [-0.05, 0) is 37.1 Å². The number of piperazine rings is 1. The molecular weight excluding hydrogens is 327 g/mol. The third-order valence-electron chi connectivity index (χ3n) is 5.63. The summed E-state index contributed by atoms with van der Waals surface area (Å²) in [7, 11) is 0. The van der Waals surface area contributed by atoms with Crippen LogP contribution in [0.15, 0.2) is 24.3 Å². The highest BCUT2D eigenvalue weighted by Crippen LogP contribution is 2.44. The normalized spacial score (nSPS) is 31.4. The van der Waals surface area contributed by atoms with Gasteiger partial charge in [0.05, 0.1) is 24.0 Å². The molecule has 3 heterocycles. The molecule has 25 heavy (non-hydrogen) atoms. The fourth-order valence-corrected chi connectivity index (χ4v) is 4.35. The van der Waals surface area contributed by atoms with E-state index in [2.05, 4.69) is 4.90 Å². The molecule has 0 unspecified atom stereocenters. The zero-order chi connectivity index (χ0) is 17.6. The van der Waals surface area contributed by atoms with Crippen LogP contribution in [0.4, 0.5) is 10.1 Å². The lowest BCUT2D eigenvalue weighted by Crippen LogP contribution is -2.53. The summed E-state index contributed by atoms with van der Waals surface area (Å²) in [5.74, 6) is -2.59. The number of anilines is 1. The van der Waals surface area contributed by atoms with E-state index < -0.39 is 17.8 Å². The van der Waals surface area contributed by atoms with Gasteiger partial charge in [0.2, 0.25) is 5.91 Å². The Labute approximate surface area is 145 Å². The Hall–Kier alpha value is -2.15. The second kappa shape index (κ2) is 6.29. The molecule has 0 spiro atoms. The maximum Gasteiger partial charge on any atom is 0.310 e. The minimum Gasteiger partial charge on any atom is -0.481 e. The van der Waals surface area contributed by atoms with Gasteiger partial charge < -0.3 is 19.6 Å². The van der Waals surface area contributed by atoms with Gasteiger partial charge in [-0.3, -0.25) is 9.59 Å². The molecule has 1 aromatic rings. The summed E-state index contributed by atoms with van der Waals surface area (Å²) in [6.07, 6.45) is 0.912. The van der Waals surface area contributed by atoms with Crippen molar-refractivity contribution in [2.45, 2.75) is 25.0 Å². The number of rotatable bonds is 3. The molecule has 3 aliphatic heterocycles. The van der Waals surface area contributed by atoms with Crippen LogP contribution in [0.3, 0.4) is 0 Å². The van der Waals surface area contributed by atoms with Crippen LogP contribution in [0.2, 0.25) is 0 Å². The number of carbonyl (C=O) groups is 2. The van der Waals surface area contributed by atoms with Crippen molar-refractivity contribution >= 4 is 17.6 Å². The molecule has 4 rings (SSSR count). The zero-order valence-corrected chi connectivity index (χ0v) is 13.8. The van der Waals surface area contributed by atoms with Crippen molar-refractivity contribution in [1.29, 1.82) is 0 Å². The van der Waals surface area contributed by atoms with Crippen LogP contribution in [-0.2, 0) is 14.3 Å². The van der Waals surface area contributed by atoms with Crippen molar-refractivity contribution in [3.8, 4) is 0 Å². The molecule has 134 valence electrons. The van der Waals surface area contributed by atoms with E-state index in [1.54, 1.807) is 17.0 Å². The fraction of sp³-hybridized carbons (Fsp3) is 0.556. The molecule has 3 aliphatic rings. The first-order valence-corrected chi connectivity index (χ1v) is 8.72. The highest BCUT2D eigenvalue weighted by atomic mass is 19.1. The minimum absolute atomic E-state index is 0.0987. The standard InChI is InChI=1S/C18H21FN2O4/c19-11-1-3-12(4-2-11)20-7-9-21(10-8-20)17(22)15-13-5-6-14(25-13)16(15)18(23)24/h1-4,13-16H,5-10H2,(H,23,24)/t13-,14-,15+,16-/m0/s1. The number of amides is 1. The van der Waals surface area contributed by atoms with Crippen molar-refractivity contribution in [3.05, 3.63) is 30.1 Å². The van der Waals surface area contributed by atoms with Gasteiger partial charge in [0.1, 0.15) is 5.82 Å². The van der Waals surface area contributed by atoms with E-state index in [1.807, 2.05) is 0 Å². The molecule has 2 bridgehead atoms. The molecule has 0 aromatic heterocycles. The Morgan fingerprint density at radius 3 is 2.20 bits per heavy atom. The predicted molar refractivity (Wildman–Crippen MR) is 87.7 cm³/mol. The molecule has 6 nitrogen and oxygen atoms in total. The first-order valence-electron chi connectivity index (χ1n) is 8.72. The predicted octanol–water partition coefficient (Wildman–Crippen LogP) is 1.35. The molecule has 0 saturated carbocycles. The third-order valence-corrected chi connectivity index (χ3v) is 5.63. The van der Waals surface area contributed by atoms with Gasteiger partial charge in [-0.2, -0.15) is 0 Å². The third kappa shape index (κ3) is 2.86. The van der Waals surface area contributed by atoms with Gasteiger partial charge in [-0.15, -0.1) is 0 Å². The molecule has 4 atom stereocenters. The summed E-state index contributed by atoms with van der Waals surface area (Å²) in [5.41, 5.74) is 0.931. The average Bonchev–Trinajstić information content (AvgIpc) is 3.23. The van der Waals surface area contributed by atoms with Crippen LogP contribution in [-0.4, -0.2) is 60.3 Å². The molecule has 1 amide bonds. The molecular formula is C18H21FN2O4. The van der Waals surface area contributed by atoms with E-state index in [9.17, 15) is 19.1 Å². The number of ether oxygens (including phenoxy) is 1. The first kappa shape index (κ1) is 16.3. The van der Waals surface area contributed by atoms with Crippen LogP contribution < -0.4 is 4.90 Å². The molecule has 1 N–H and O–H groups in total. The Bertz CT molecular complexity index is 672. The summed E-state index contributed by atoms with van der Waals surface area (Å²) in [4.78, 5) is 28.3. The lowest BCUT2D eigenvalue weighted by atomic mass is 9.78. The van der Waals surface area contributed by atoms with E-state index in [1.165, 1.54) is 12.1 Å². The van der Waals surface area contributed by atoms with Crippen LogP contribution >= 0.6 is 0 Å². The second-order valence-electron chi connectivity index (χ2n) is 6.97. The topological polar surface area (TPSA) is 70.1 Å². The number of carboxylic acids is 1. The number of benzene rings is 1. The number of halogens is 1. The summed E-state index contributed by atoms with van der Waals surface area (Å²) >= 11 is 0. The summed E-state index contributed by atoms with van der Waals surface area (Å²) < 4.78 is 18.7. The minimum atomic E-state index is -0.935. The highest BCUT2D eigenvalue weighted by molar-refractivity contribution is 5.86. The van der Waals surface area contributed by atoms with Crippen molar-refractivity contribution in [2.24, 2.45) is 11.8 Å². The number of nitrogens with zero attached hydrogens (tertiary/aromatic N) is 2. The van der Waals surface area contributed by atoms with E-state index in [-0.39, 0.29) is 23.9 Å². The number of carboxylic acid groups (broad SMARTS) is 1. The van der Waals surface area contributed by atoms with Crippen molar-refractivity contribution in [3.63, 3.8) is 0 Å². The van der Waals surface area contributed by atoms with Gasteiger partial charge in [-0.1, -0.05) is 0 Å². The first-order chi connectivity index (χ1) is 12.0. The second-order valence-corrected chi connectivity index (χ2v) is 6.97. The molecule has 0 radical (unpaired) electrons. The molecule has 0 aliphatic carbocycles. The van der Waals surface area contributed by atoms with Crippen molar-refractivity contribution in [1.82, 2.24) is 4.90 Å². The molecule has 7 heteroatoms. The monoisotopic (exact) mass is 348 g/mol. The maximum absolute atomic E-state index is 13.0.